The standard InChI is InChI=1S/C49H55N7O/c1-36(2)29-40-22-23-45-38(20-21-39-19-18-37(3)48(40)49(39)45)13-4-8-27-53-46-17-12-28-54-47(46)35-56(32-43-16-7-11-26-52-43)34-44(57)33-55(30-41-14-5-9-24-50-41)31-42-15-6-10-25-51-42/h5-7,9-12,14-26,28-29,36,44,53,57H,4,8,13,27,30-35H2,1-3H3/b40-29-. The Morgan fingerprint density at radius 2 is 1.25 bits per heavy atom. The van der Waals surface area contributed by atoms with E-state index in [1.54, 1.807) is 0 Å². The second-order valence-electron chi connectivity index (χ2n) is 15.5. The normalized spacial score (nSPS) is 12.7. The van der Waals surface area contributed by atoms with Gasteiger partial charge < -0.3 is 10.4 Å². The largest absolute Gasteiger partial charge is 0.390 e. The lowest BCUT2D eigenvalue weighted by Gasteiger charge is -2.29. The molecule has 1 unspecified atom stereocenters. The van der Waals surface area contributed by atoms with Crippen molar-refractivity contribution in [3.63, 3.8) is 0 Å². The van der Waals surface area contributed by atoms with Gasteiger partial charge in [0, 0.05) is 70.6 Å². The molecular formula is C49H55N7O. The molecule has 7 rings (SSSR count). The first-order valence-corrected chi connectivity index (χ1v) is 20.4. The van der Waals surface area contributed by atoms with Crippen molar-refractivity contribution < 1.29 is 5.11 Å². The summed E-state index contributed by atoms with van der Waals surface area (Å²) in [6.07, 6.45) is 12.2. The van der Waals surface area contributed by atoms with E-state index in [0.29, 0.717) is 45.2 Å². The number of hydrogen-bond donors (Lipinski definition) is 2. The Balaban J connectivity index is 1.01. The van der Waals surface area contributed by atoms with Crippen LogP contribution in [0, 0.1) is 12.8 Å². The molecule has 0 saturated carbocycles. The summed E-state index contributed by atoms with van der Waals surface area (Å²) in [5.74, 6) is 0.495. The molecule has 0 aliphatic carbocycles. The maximum Gasteiger partial charge on any atom is 0.0794 e. The molecule has 4 heterocycles. The third kappa shape index (κ3) is 10.9. The van der Waals surface area contributed by atoms with E-state index in [1.165, 1.54) is 37.9 Å². The fourth-order valence-electron chi connectivity index (χ4n) is 7.91. The molecular weight excluding hydrogens is 703 g/mol. The van der Waals surface area contributed by atoms with Crippen LogP contribution in [-0.4, -0.2) is 60.6 Å². The number of nitrogens with zero attached hydrogens (tertiary/aromatic N) is 6. The van der Waals surface area contributed by atoms with Gasteiger partial charge in [0.25, 0.3) is 0 Å². The van der Waals surface area contributed by atoms with E-state index in [2.05, 4.69) is 99.4 Å². The number of aliphatic hydroxyl groups is 1. The van der Waals surface area contributed by atoms with Crippen LogP contribution in [0.3, 0.4) is 0 Å². The molecule has 4 aromatic heterocycles. The topological polar surface area (TPSA) is 90.3 Å². The average Bonchev–Trinajstić information content (AvgIpc) is 3.21. The number of aryl methyl sites for hydroxylation is 2. The third-order valence-electron chi connectivity index (χ3n) is 10.5. The quantitative estimate of drug-likeness (QED) is 0.0794. The maximum absolute atomic E-state index is 11.7. The van der Waals surface area contributed by atoms with Crippen molar-refractivity contribution in [2.75, 3.05) is 25.0 Å². The molecule has 0 spiro atoms. The van der Waals surface area contributed by atoms with Gasteiger partial charge in [-0.2, -0.15) is 0 Å². The van der Waals surface area contributed by atoms with Gasteiger partial charge in [0.05, 0.1) is 34.6 Å². The highest BCUT2D eigenvalue weighted by molar-refractivity contribution is 6.12. The Morgan fingerprint density at radius 3 is 1.86 bits per heavy atom. The first-order chi connectivity index (χ1) is 27.9. The minimum absolute atomic E-state index is 0.450. The highest BCUT2D eigenvalue weighted by Gasteiger charge is 2.20. The summed E-state index contributed by atoms with van der Waals surface area (Å²) in [7, 11) is 0. The van der Waals surface area contributed by atoms with Crippen molar-refractivity contribution in [1.29, 1.82) is 0 Å². The number of benzene rings is 3. The number of aromatic nitrogens is 4. The van der Waals surface area contributed by atoms with Gasteiger partial charge in [-0.1, -0.05) is 74.5 Å². The van der Waals surface area contributed by atoms with Crippen LogP contribution in [0.2, 0.25) is 0 Å². The van der Waals surface area contributed by atoms with Crippen LogP contribution < -0.4 is 10.5 Å². The van der Waals surface area contributed by atoms with Crippen LogP contribution in [0.15, 0.2) is 128 Å². The van der Waals surface area contributed by atoms with E-state index in [1.807, 2.05) is 85.5 Å². The van der Waals surface area contributed by atoms with E-state index in [4.69, 9.17) is 4.98 Å². The van der Waals surface area contributed by atoms with E-state index in [-0.39, 0.29) is 0 Å². The smallest absolute Gasteiger partial charge is 0.0794 e. The fraction of sp³-hybridized carbons (Fsp3) is 0.306. The van der Waals surface area contributed by atoms with Crippen molar-refractivity contribution in [2.24, 2.45) is 5.92 Å². The Labute approximate surface area is 337 Å². The Kier molecular flexibility index (Phi) is 13.6. The average molecular weight is 758 g/mol. The lowest BCUT2D eigenvalue weighted by molar-refractivity contribution is 0.0615. The minimum Gasteiger partial charge on any atom is -0.390 e. The minimum atomic E-state index is -0.630. The van der Waals surface area contributed by atoms with E-state index >= 15 is 0 Å². The molecule has 0 bridgehead atoms. The lowest BCUT2D eigenvalue weighted by atomic mass is 9.91. The number of aliphatic hydroxyl groups excluding tert-OH is 1. The molecule has 1 atom stereocenters. The SMILES string of the molecule is Cc1ccc2ccc(CCCCNc3cccnc3CN(Cc3ccccn3)CC(O)CN(Cc3ccccn3)Cc3ccccn3)c3cc/c(=C/C(C)C)c1c23. The number of anilines is 1. The van der Waals surface area contributed by atoms with Crippen LogP contribution in [0.5, 0.6) is 0 Å². The molecule has 0 fully saturated rings. The number of nitrogens with one attached hydrogen (secondary N) is 1. The van der Waals surface area contributed by atoms with Crippen LogP contribution >= 0.6 is 0 Å². The van der Waals surface area contributed by atoms with Crippen molar-refractivity contribution >= 4 is 33.3 Å². The van der Waals surface area contributed by atoms with Crippen molar-refractivity contribution in [2.45, 2.75) is 72.3 Å². The van der Waals surface area contributed by atoms with Gasteiger partial charge in [0.15, 0.2) is 0 Å². The summed E-state index contributed by atoms with van der Waals surface area (Å²) < 4.78 is 0. The highest BCUT2D eigenvalue weighted by Crippen LogP contribution is 2.30. The van der Waals surface area contributed by atoms with E-state index in [0.717, 1.165) is 54.3 Å². The number of rotatable bonds is 19. The van der Waals surface area contributed by atoms with E-state index in [9.17, 15) is 5.11 Å². The molecule has 0 saturated heterocycles. The first-order valence-electron chi connectivity index (χ1n) is 20.4. The second-order valence-corrected chi connectivity index (χ2v) is 15.5. The van der Waals surface area contributed by atoms with Crippen molar-refractivity contribution in [3.05, 3.63) is 167 Å². The Morgan fingerprint density at radius 1 is 0.632 bits per heavy atom. The summed E-state index contributed by atoms with van der Waals surface area (Å²) in [6.45, 7) is 10.9. The summed E-state index contributed by atoms with van der Waals surface area (Å²) in [5, 5.41) is 22.2. The van der Waals surface area contributed by atoms with Crippen LogP contribution in [0.1, 0.15) is 60.6 Å². The molecule has 0 aliphatic rings. The van der Waals surface area contributed by atoms with Gasteiger partial charge >= 0.3 is 0 Å². The molecule has 8 heteroatoms. The fourth-order valence-corrected chi connectivity index (χ4v) is 7.91. The number of hydrogen-bond acceptors (Lipinski definition) is 8. The van der Waals surface area contributed by atoms with Gasteiger partial charge in [-0.25, -0.2) is 0 Å². The first kappa shape index (κ1) is 39.7. The van der Waals surface area contributed by atoms with E-state index < -0.39 is 6.10 Å². The predicted molar refractivity (Wildman–Crippen MR) is 233 cm³/mol. The molecule has 2 N–H and O–H groups in total. The number of pyridine rings is 4. The monoisotopic (exact) mass is 757 g/mol. The van der Waals surface area contributed by atoms with Gasteiger partial charge in [0.2, 0.25) is 0 Å². The summed E-state index contributed by atoms with van der Waals surface area (Å²) in [6, 6.07) is 35.8. The zero-order chi connectivity index (χ0) is 39.4. The summed E-state index contributed by atoms with van der Waals surface area (Å²) >= 11 is 0. The predicted octanol–water partition coefficient (Wildman–Crippen LogP) is 8.54. The molecule has 57 heavy (non-hydrogen) atoms. The molecule has 7 aromatic rings. The van der Waals surface area contributed by atoms with Crippen LogP contribution in [-0.2, 0) is 32.6 Å². The number of unbranched alkanes of at least 4 members (excludes halogenated alkanes) is 1. The molecule has 3 aromatic carbocycles. The molecule has 8 nitrogen and oxygen atoms in total. The van der Waals surface area contributed by atoms with Gasteiger partial charge in [-0.15, -0.1) is 0 Å². The van der Waals surface area contributed by atoms with Gasteiger partial charge in [-0.3, -0.25) is 29.7 Å². The lowest BCUT2D eigenvalue weighted by Crippen LogP contribution is -2.40. The van der Waals surface area contributed by atoms with Gasteiger partial charge in [0.1, 0.15) is 0 Å². The third-order valence-corrected chi connectivity index (χ3v) is 10.5. The van der Waals surface area contributed by atoms with Gasteiger partial charge in [-0.05, 0) is 119 Å². The summed E-state index contributed by atoms with van der Waals surface area (Å²) in [5.41, 5.74) is 7.59. The highest BCUT2D eigenvalue weighted by atomic mass is 16.3. The molecule has 0 aliphatic heterocycles. The zero-order valence-corrected chi connectivity index (χ0v) is 33.6. The maximum atomic E-state index is 11.7. The van der Waals surface area contributed by atoms with Crippen molar-refractivity contribution in [3.8, 4) is 0 Å². The Bertz CT molecular complexity index is 2330. The van der Waals surface area contributed by atoms with Crippen LogP contribution in [0.25, 0.3) is 27.6 Å². The Hall–Kier alpha value is -5.54. The molecule has 0 amide bonds. The van der Waals surface area contributed by atoms with Crippen LogP contribution in [0.4, 0.5) is 5.69 Å². The second kappa shape index (κ2) is 19.6. The molecule has 292 valence electrons. The van der Waals surface area contributed by atoms with Crippen molar-refractivity contribution in [1.82, 2.24) is 29.7 Å². The molecule has 0 radical (unpaired) electrons. The summed E-state index contributed by atoms with van der Waals surface area (Å²) in [4.78, 5) is 23.0. The zero-order valence-electron chi connectivity index (χ0n) is 33.6.